The highest BCUT2D eigenvalue weighted by Gasteiger charge is 2.27. The highest BCUT2D eigenvalue weighted by Crippen LogP contribution is 2.30. The van der Waals surface area contributed by atoms with E-state index in [2.05, 4.69) is 38.2 Å². The summed E-state index contributed by atoms with van der Waals surface area (Å²) in [6.45, 7) is 6.30. The first-order valence-electron chi connectivity index (χ1n) is 8.58. The van der Waals surface area contributed by atoms with Gasteiger partial charge in [0.2, 0.25) is 5.91 Å². The maximum atomic E-state index is 12.6. The van der Waals surface area contributed by atoms with Gasteiger partial charge in [-0.15, -0.1) is 0 Å². The summed E-state index contributed by atoms with van der Waals surface area (Å²) in [5.41, 5.74) is 1.59. The standard InChI is InChI=1S/C20H23Cl2NO2.CO2/c1-20(2,3)18(9-13-7-5-4-6-8-13)23-19(25)12-15-16(21)10-14(24)11-17(15)22;2-1-3/h4-8,10-11,18,24H,9,12H2,1-3H3,(H,23,25);/t18-;/m0./s1. The molecule has 0 aliphatic carbocycles. The van der Waals surface area contributed by atoms with Gasteiger partial charge in [0.15, 0.2) is 0 Å². The molecule has 2 aromatic rings. The van der Waals surface area contributed by atoms with Crippen LogP contribution >= 0.6 is 23.2 Å². The highest BCUT2D eigenvalue weighted by atomic mass is 35.5. The zero-order valence-corrected chi connectivity index (χ0v) is 17.5. The molecular weight excluding hydrogens is 401 g/mol. The van der Waals surface area contributed by atoms with Gasteiger partial charge in [-0.05, 0) is 35.1 Å². The monoisotopic (exact) mass is 423 g/mol. The van der Waals surface area contributed by atoms with E-state index in [1.807, 2.05) is 18.2 Å². The van der Waals surface area contributed by atoms with Crippen LogP contribution in [-0.4, -0.2) is 23.2 Å². The van der Waals surface area contributed by atoms with E-state index in [9.17, 15) is 9.90 Å². The quantitative estimate of drug-likeness (QED) is 0.744. The second-order valence-corrected chi connectivity index (χ2v) is 8.14. The Balaban J connectivity index is 0.00000122. The molecule has 0 saturated heterocycles. The largest absolute Gasteiger partial charge is 0.508 e. The Hall–Kier alpha value is -2.33. The van der Waals surface area contributed by atoms with Gasteiger partial charge in [-0.1, -0.05) is 74.3 Å². The van der Waals surface area contributed by atoms with Crippen LogP contribution in [0, 0.1) is 5.41 Å². The lowest BCUT2D eigenvalue weighted by molar-refractivity contribution is -0.191. The number of phenols is 1. The molecule has 7 heteroatoms. The third-order valence-corrected chi connectivity index (χ3v) is 4.80. The minimum Gasteiger partial charge on any atom is -0.508 e. The number of halogens is 2. The van der Waals surface area contributed by atoms with Crippen LogP contribution in [0.3, 0.4) is 0 Å². The summed E-state index contributed by atoms with van der Waals surface area (Å²) < 4.78 is 0. The molecule has 150 valence electrons. The van der Waals surface area contributed by atoms with Crippen LogP contribution in [0.4, 0.5) is 0 Å². The minimum atomic E-state index is -0.148. The Morgan fingerprint density at radius 3 is 2.07 bits per heavy atom. The molecule has 0 bridgehead atoms. The molecule has 2 N–H and O–H groups in total. The number of hydrogen-bond donors (Lipinski definition) is 2. The van der Waals surface area contributed by atoms with Crippen molar-refractivity contribution in [2.75, 3.05) is 0 Å². The van der Waals surface area contributed by atoms with Gasteiger partial charge in [0.25, 0.3) is 0 Å². The van der Waals surface area contributed by atoms with Gasteiger partial charge in [-0.3, -0.25) is 4.79 Å². The summed E-state index contributed by atoms with van der Waals surface area (Å²) in [6, 6.07) is 12.8. The molecule has 1 atom stereocenters. The van der Waals surface area contributed by atoms with Gasteiger partial charge in [0.1, 0.15) is 5.75 Å². The fourth-order valence-corrected chi connectivity index (χ4v) is 3.20. The van der Waals surface area contributed by atoms with Crippen molar-refractivity contribution in [3.05, 3.63) is 63.6 Å². The normalized spacial score (nSPS) is 11.6. The second-order valence-electron chi connectivity index (χ2n) is 7.32. The van der Waals surface area contributed by atoms with Gasteiger partial charge in [0.05, 0.1) is 6.42 Å². The van der Waals surface area contributed by atoms with E-state index < -0.39 is 0 Å². The van der Waals surface area contributed by atoms with Crippen molar-refractivity contribution >= 4 is 35.3 Å². The lowest BCUT2D eigenvalue weighted by Crippen LogP contribution is -2.45. The number of hydrogen-bond acceptors (Lipinski definition) is 4. The lowest BCUT2D eigenvalue weighted by atomic mass is 9.83. The first-order valence-corrected chi connectivity index (χ1v) is 9.33. The molecule has 5 nitrogen and oxygen atoms in total. The van der Waals surface area contributed by atoms with Crippen molar-refractivity contribution < 1.29 is 19.5 Å². The van der Waals surface area contributed by atoms with E-state index >= 15 is 0 Å². The number of carbonyl (C=O) groups is 1. The maximum absolute atomic E-state index is 12.6. The molecule has 0 unspecified atom stereocenters. The molecule has 0 fully saturated rings. The van der Waals surface area contributed by atoms with E-state index in [-0.39, 0.29) is 45.7 Å². The zero-order chi connectivity index (χ0) is 21.3. The van der Waals surface area contributed by atoms with Crippen molar-refractivity contribution in [1.29, 1.82) is 0 Å². The van der Waals surface area contributed by atoms with Crippen molar-refractivity contribution in [2.45, 2.75) is 39.7 Å². The van der Waals surface area contributed by atoms with Gasteiger partial charge < -0.3 is 10.4 Å². The summed E-state index contributed by atoms with van der Waals surface area (Å²) in [6.07, 6.45) is 1.06. The first kappa shape index (κ1) is 23.7. The third-order valence-electron chi connectivity index (χ3n) is 4.13. The van der Waals surface area contributed by atoms with E-state index in [0.29, 0.717) is 5.56 Å². The number of amides is 1. The lowest BCUT2D eigenvalue weighted by Gasteiger charge is -2.32. The Morgan fingerprint density at radius 1 is 1.11 bits per heavy atom. The van der Waals surface area contributed by atoms with Crippen molar-refractivity contribution in [3.8, 4) is 5.75 Å². The molecule has 28 heavy (non-hydrogen) atoms. The Kier molecular flexibility index (Phi) is 9.20. The van der Waals surface area contributed by atoms with Crippen LogP contribution in [-0.2, 0) is 27.2 Å². The van der Waals surface area contributed by atoms with Gasteiger partial charge >= 0.3 is 6.15 Å². The first-order chi connectivity index (χ1) is 13.1. The summed E-state index contributed by atoms with van der Waals surface area (Å²) in [5, 5.41) is 13.2. The molecule has 0 heterocycles. The second kappa shape index (κ2) is 10.9. The van der Waals surface area contributed by atoms with Crippen molar-refractivity contribution in [2.24, 2.45) is 5.41 Å². The fourth-order valence-electron chi connectivity index (χ4n) is 2.59. The third kappa shape index (κ3) is 7.73. The molecular formula is C21H23Cl2NO4. The molecule has 0 spiro atoms. The molecule has 0 aromatic heterocycles. The molecule has 2 rings (SSSR count). The smallest absolute Gasteiger partial charge is 0.373 e. The number of nitrogens with one attached hydrogen (secondary N) is 1. The number of benzene rings is 2. The van der Waals surface area contributed by atoms with Crippen LogP contribution in [0.25, 0.3) is 0 Å². The summed E-state index contributed by atoms with van der Waals surface area (Å²) in [4.78, 5) is 28.8. The van der Waals surface area contributed by atoms with Crippen LogP contribution in [0.2, 0.25) is 10.0 Å². The van der Waals surface area contributed by atoms with Crippen molar-refractivity contribution in [3.63, 3.8) is 0 Å². The highest BCUT2D eigenvalue weighted by molar-refractivity contribution is 6.36. The number of rotatable bonds is 5. The Morgan fingerprint density at radius 2 is 1.61 bits per heavy atom. The van der Waals surface area contributed by atoms with Crippen molar-refractivity contribution in [1.82, 2.24) is 5.32 Å². The van der Waals surface area contributed by atoms with Gasteiger partial charge in [-0.25, -0.2) is 0 Å². The fraction of sp³-hybridized carbons (Fsp3) is 0.333. The van der Waals surface area contributed by atoms with Crippen LogP contribution in [0.15, 0.2) is 42.5 Å². The SMILES string of the molecule is CC(C)(C)[C@H](Cc1ccccc1)NC(=O)Cc1c(Cl)cc(O)cc1Cl.O=C=O. The Bertz CT molecular complexity index is 803. The van der Waals surface area contributed by atoms with Gasteiger partial charge in [-0.2, -0.15) is 9.59 Å². The zero-order valence-electron chi connectivity index (χ0n) is 16.0. The van der Waals surface area contributed by atoms with E-state index in [4.69, 9.17) is 32.8 Å². The number of carbonyl (C=O) groups excluding carboxylic acids is 3. The average Bonchev–Trinajstić information content (AvgIpc) is 2.58. The van der Waals surface area contributed by atoms with E-state index in [0.717, 1.165) is 6.42 Å². The predicted molar refractivity (Wildman–Crippen MR) is 108 cm³/mol. The van der Waals surface area contributed by atoms with Crippen LogP contribution < -0.4 is 5.32 Å². The summed E-state index contributed by atoms with van der Waals surface area (Å²) in [7, 11) is 0. The predicted octanol–water partition coefficient (Wildman–Crippen LogP) is 4.43. The molecule has 0 aliphatic heterocycles. The number of phenolic OH excluding ortho intramolecular Hbond substituents is 1. The van der Waals surface area contributed by atoms with Gasteiger partial charge in [0, 0.05) is 16.1 Å². The van der Waals surface area contributed by atoms with Crippen LogP contribution in [0.5, 0.6) is 5.75 Å². The van der Waals surface area contributed by atoms with E-state index in [1.54, 1.807) is 0 Å². The summed E-state index contributed by atoms with van der Waals surface area (Å²) >= 11 is 12.2. The molecule has 0 aliphatic rings. The maximum Gasteiger partial charge on any atom is 0.373 e. The molecule has 1 amide bonds. The molecule has 0 radical (unpaired) electrons. The number of aromatic hydroxyl groups is 1. The van der Waals surface area contributed by atoms with Crippen LogP contribution in [0.1, 0.15) is 31.9 Å². The Labute approximate surface area is 174 Å². The average molecular weight is 424 g/mol. The molecule has 2 aromatic carbocycles. The summed E-state index contributed by atoms with van der Waals surface area (Å²) in [5.74, 6) is -0.166. The van der Waals surface area contributed by atoms with E-state index in [1.165, 1.54) is 17.7 Å². The minimum absolute atomic E-state index is 0.0178. The molecule has 0 saturated carbocycles. The topological polar surface area (TPSA) is 83.5 Å².